The summed E-state index contributed by atoms with van der Waals surface area (Å²) in [5.74, 6) is 0.849. The minimum absolute atomic E-state index is 0.149. The number of rotatable bonds is 8. The summed E-state index contributed by atoms with van der Waals surface area (Å²) in [6.45, 7) is 2.49. The molecule has 2 aromatic rings. The number of carbonyl (C=O) groups excluding carboxylic acids is 1. The average Bonchev–Trinajstić information content (AvgIpc) is 3.44. The Labute approximate surface area is 159 Å². The molecule has 2 aromatic carbocycles. The van der Waals surface area contributed by atoms with E-state index in [4.69, 9.17) is 14.2 Å². The molecule has 0 aliphatic heterocycles. The number of amides is 1. The van der Waals surface area contributed by atoms with Gasteiger partial charge < -0.3 is 14.2 Å². The highest BCUT2D eigenvalue weighted by molar-refractivity contribution is 5.86. The third-order valence-corrected chi connectivity index (χ3v) is 4.69. The lowest BCUT2D eigenvalue weighted by Gasteiger charge is -2.17. The van der Waals surface area contributed by atoms with Crippen LogP contribution >= 0.6 is 0 Å². The van der Waals surface area contributed by atoms with Crippen molar-refractivity contribution < 1.29 is 19.0 Å². The van der Waals surface area contributed by atoms with E-state index in [9.17, 15) is 4.79 Å². The van der Waals surface area contributed by atoms with Gasteiger partial charge in [0.25, 0.3) is 0 Å². The van der Waals surface area contributed by atoms with Gasteiger partial charge in [0, 0.05) is 6.61 Å². The van der Waals surface area contributed by atoms with Gasteiger partial charge in [0.2, 0.25) is 5.91 Å². The minimum Gasteiger partial charge on any atom is -0.493 e. The molecular weight excluding hydrogens is 344 g/mol. The standard InChI is InChI=1S/C21H24N2O4/c1-4-27-21(16-8-6-5-7-9-16)13-17(21)20(24)23-22-14-15-10-11-18(25-2)19(12-15)26-3/h5-12,14,17H,4,13H2,1-3H3,(H,23,24)/b22-14+/t17-,21+/m1/s1. The van der Waals surface area contributed by atoms with Gasteiger partial charge in [0.15, 0.2) is 11.5 Å². The van der Waals surface area contributed by atoms with Gasteiger partial charge >= 0.3 is 0 Å². The molecule has 27 heavy (non-hydrogen) atoms. The SMILES string of the molecule is CCO[C@]1(c2ccccc2)C[C@@H]1C(=O)N/N=C/c1ccc(OC)c(OC)c1. The smallest absolute Gasteiger partial charge is 0.246 e. The van der Waals surface area contributed by atoms with Crippen molar-refractivity contribution >= 4 is 12.1 Å². The molecule has 0 unspecified atom stereocenters. The molecule has 1 N–H and O–H groups in total. The molecule has 6 heteroatoms. The summed E-state index contributed by atoms with van der Waals surface area (Å²) in [4.78, 5) is 12.5. The second kappa shape index (κ2) is 8.22. The van der Waals surface area contributed by atoms with Crippen LogP contribution < -0.4 is 14.9 Å². The Morgan fingerprint density at radius 3 is 2.59 bits per heavy atom. The molecule has 1 amide bonds. The van der Waals surface area contributed by atoms with E-state index in [-0.39, 0.29) is 11.8 Å². The number of hydrogen-bond donors (Lipinski definition) is 1. The molecule has 0 spiro atoms. The predicted octanol–water partition coefficient (Wildman–Crippen LogP) is 3.11. The van der Waals surface area contributed by atoms with Crippen molar-refractivity contribution in [2.24, 2.45) is 11.0 Å². The topological polar surface area (TPSA) is 69.2 Å². The molecule has 1 fully saturated rings. The monoisotopic (exact) mass is 368 g/mol. The van der Waals surface area contributed by atoms with Gasteiger partial charge in [0.05, 0.1) is 26.4 Å². The van der Waals surface area contributed by atoms with Crippen LogP contribution in [0.2, 0.25) is 0 Å². The fraction of sp³-hybridized carbons (Fsp3) is 0.333. The predicted molar refractivity (Wildman–Crippen MR) is 103 cm³/mol. The second-order valence-electron chi connectivity index (χ2n) is 6.29. The van der Waals surface area contributed by atoms with Gasteiger partial charge in [-0.1, -0.05) is 30.3 Å². The van der Waals surface area contributed by atoms with Gasteiger partial charge in [0.1, 0.15) is 5.60 Å². The van der Waals surface area contributed by atoms with E-state index < -0.39 is 5.60 Å². The van der Waals surface area contributed by atoms with Crippen molar-refractivity contribution in [2.75, 3.05) is 20.8 Å². The third kappa shape index (κ3) is 3.95. The van der Waals surface area contributed by atoms with Crippen LogP contribution in [-0.2, 0) is 15.1 Å². The maximum Gasteiger partial charge on any atom is 0.246 e. The summed E-state index contributed by atoms with van der Waals surface area (Å²) in [5.41, 5.74) is 3.90. The van der Waals surface area contributed by atoms with Crippen molar-refractivity contribution in [1.29, 1.82) is 0 Å². The number of hydrazone groups is 1. The molecule has 1 aliphatic rings. The van der Waals surface area contributed by atoms with Crippen LogP contribution in [0.15, 0.2) is 53.6 Å². The average molecular weight is 368 g/mol. The Morgan fingerprint density at radius 2 is 1.93 bits per heavy atom. The first-order valence-corrected chi connectivity index (χ1v) is 8.89. The molecule has 1 saturated carbocycles. The normalized spacial score (nSPS) is 21.1. The number of nitrogens with zero attached hydrogens (tertiary/aromatic N) is 1. The highest BCUT2D eigenvalue weighted by atomic mass is 16.5. The second-order valence-corrected chi connectivity index (χ2v) is 6.29. The van der Waals surface area contributed by atoms with Crippen LogP contribution in [0.4, 0.5) is 0 Å². The van der Waals surface area contributed by atoms with Crippen molar-refractivity contribution in [2.45, 2.75) is 18.9 Å². The molecule has 1 aliphatic carbocycles. The Hall–Kier alpha value is -2.86. The fourth-order valence-electron chi connectivity index (χ4n) is 3.27. The van der Waals surface area contributed by atoms with E-state index in [1.54, 1.807) is 32.6 Å². The van der Waals surface area contributed by atoms with Crippen LogP contribution in [0.5, 0.6) is 11.5 Å². The Kier molecular flexibility index (Phi) is 5.76. The summed E-state index contributed by atoms with van der Waals surface area (Å²) in [7, 11) is 3.16. The Morgan fingerprint density at radius 1 is 1.19 bits per heavy atom. The molecule has 0 bridgehead atoms. The highest BCUT2D eigenvalue weighted by Crippen LogP contribution is 2.55. The lowest BCUT2D eigenvalue weighted by Crippen LogP contribution is -2.26. The summed E-state index contributed by atoms with van der Waals surface area (Å²) in [6, 6.07) is 15.3. The Balaban J connectivity index is 1.65. The number of methoxy groups -OCH3 is 2. The number of benzene rings is 2. The van der Waals surface area contributed by atoms with Crippen molar-refractivity contribution in [3.05, 3.63) is 59.7 Å². The van der Waals surface area contributed by atoms with Crippen LogP contribution in [-0.4, -0.2) is 32.9 Å². The summed E-state index contributed by atoms with van der Waals surface area (Å²) < 4.78 is 16.4. The Bertz CT molecular complexity index is 822. The number of ether oxygens (including phenoxy) is 3. The van der Waals surface area contributed by atoms with E-state index >= 15 is 0 Å². The molecule has 6 nitrogen and oxygen atoms in total. The van der Waals surface area contributed by atoms with E-state index in [0.29, 0.717) is 24.5 Å². The summed E-state index contributed by atoms with van der Waals surface area (Å²) in [6.07, 6.45) is 2.23. The zero-order valence-corrected chi connectivity index (χ0v) is 15.8. The summed E-state index contributed by atoms with van der Waals surface area (Å²) in [5, 5.41) is 4.08. The zero-order valence-electron chi connectivity index (χ0n) is 15.8. The number of hydrogen-bond acceptors (Lipinski definition) is 5. The van der Waals surface area contributed by atoms with Crippen molar-refractivity contribution in [1.82, 2.24) is 5.43 Å². The van der Waals surface area contributed by atoms with E-state index in [0.717, 1.165) is 11.1 Å². The van der Waals surface area contributed by atoms with Gasteiger partial charge in [-0.15, -0.1) is 0 Å². The molecule has 2 atom stereocenters. The number of carbonyl (C=O) groups is 1. The third-order valence-electron chi connectivity index (χ3n) is 4.69. The molecule has 0 saturated heterocycles. The van der Waals surface area contributed by atoms with E-state index in [1.165, 1.54) is 0 Å². The van der Waals surface area contributed by atoms with Gasteiger partial charge in [-0.2, -0.15) is 5.10 Å². The lowest BCUT2D eigenvalue weighted by atomic mass is 10.1. The van der Waals surface area contributed by atoms with E-state index in [2.05, 4.69) is 10.5 Å². The first-order valence-electron chi connectivity index (χ1n) is 8.89. The summed E-state index contributed by atoms with van der Waals surface area (Å²) >= 11 is 0. The molecule has 0 radical (unpaired) electrons. The first-order chi connectivity index (χ1) is 13.1. The minimum atomic E-state index is -0.543. The molecular formula is C21H24N2O4. The molecule has 0 heterocycles. The molecule has 3 rings (SSSR count). The fourth-order valence-corrected chi connectivity index (χ4v) is 3.27. The van der Waals surface area contributed by atoms with Gasteiger partial charge in [-0.05, 0) is 42.7 Å². The van der Waals surface area contributed by atoms with Crippen molar-refractivity contribution in [3.63, 3.8) is 0 Å². The molecule has 142 valence electrons. The van der Waals surface area contributed by atoms with Crippen LogP contribution in [0.1, 0.15) is 24.5 Å². The van der Waals surface area contributed by atoms with Gasteiger partial charge in [-0.3, -0.25) is 4.79 Å². The van der Waals surface area contributed by atoms with Crippen LogP contribution in [0.3, 0.4) is 0 Å². The van der Waals surface area contributed by atoms with E-state index in [1.807, 2.05) is 43.3 Å². The molecule has 0 aromatic heterocycles. The van der Waals surface area contributed by atoms with Crippen LogP contribution in [0, 0.1) is 5.92 Å². The van der Waals surface area contributed by atoms with Crippen LogP contribution in [0.25, 0.3) is 0 Å². The number of nitrogens with one attached hydrogen (secondary N) is 1. The quantitative estimate of drug-likeness (QED) is 0.574. The van der Waals surface area contributed by atoms with Gasteiger partial charge in [-0.25, -0.2) is 5.43 Å². The van der Waals surface area contributed by atoms with Crippen molar-refractivity contribution in [3.8, 4) is 11.5 Å². The largest absolute Gasteiger partial charge is 0.493 e. The first kappa shape index (κ1) is 18.9. The highest BCUT2D eigenvalue weighted by Gasteiger charge is 2.60. The maximum atomic E-state index is 12.5. The maximum absolute atomic E-state index is 12.5. The zero-order chi connectivity index (χ0) is 19.3. The lowest BCUT2D eigenvalue weighted by molar-refractivity contribution is -0.124.